The number of rotatable bonds is 2. The van der Waals surface area contributed by atoms with Crippen LogP contribution in [0.2, 0.25) is 0 Å². The summed E-state index contributed by atoms with van der Waals surface area (Å²) in [7, 11) is 0. The van der Waals surface area contributed by atoms with Gasteiger partial charge in [0, 0.05) is 6.42 Å². The van der Waals surface area contributed by atoms with Crippen molar-refractivity contribution in [3.63, 3.8) is 0 Å². The van der Waals surface area contributed by atoms with Crippen LogP contribution in [0.15, 0.2) is 0 Å². The van der Waals surface area contributed by atoms with E-state index in [2.05, 4.69) is 6.92 Å². The number of carboxylic acids is 1. The molecule has 0 aromatic heterocycles. The molecule has 0 heterocycles. The third kappa shape index (κ3) is 2.73. The second-order valence-corrected chi connectivity index (χ2v) is 5.72. The molecule has 4 atom stereocenters. The van der Waals surface area contributed by atoms with Crippen LogP contribution in [0.1, 0.15) is 51.9 Å². The van der Waals surface area contributed by atoms with Gasteiger partial charge in [0.25, 0.3) is 0 Å². The van der Waals surface area contributed by atoms with E-state index in [4.69, 9.17) is 5.11 Å². The Hall–Kier alpha value is -0.530. The number of aliphatic carboxylic acids is 1. The van der Waals surface area contributed by atoms with Crippen molar-refractivity contribution < 1.29 is 9.90 Å². The Kier molecular flexibility index (Phi) is 3.32. The summed E-state index contributed by atoms with van der Waals surface area (Å²) in [5.74, 6) is 2.49. The zero-order valence-electron chi connectivity index (χ0n) is 9.61. The molecular weight excluding hydrogens is 188 g/mol. The van der Waals surface area contributed by atoms with Crippen LogP contribution in [0.4, 0.5) is 0 Å². The second kappa shape index (κ2) is 4.54. The van der Waals surface area contributed by atoms with Crippen LogP contribution in [-0.4, -0.2) is 11.1 Å². The fourth-order valence-corrected chi connectivity index (χ4v) is 3.66. The van der Waals surface area contributed by atoms with Crippen molar-refractivity contribution in [1.82, 2.24) is 0 Å². The summed E-state index contributed by atoms with van der Waals surface area (Å²) in [5, 5.41) is 8.81. The van der Waals surface area contributed by atoms with E-state index in [9.17, 15) is 4.79 Å². The molecule has 0 amide bonds. The molecule has 2 nitrogen and oxygen atoms in total. The van der Waals surface area contributed by atoms with Crippen LogP contribution in [0.5, 0.6) is 0 Å². The van der Waals surface area contributed by atoms with Gasteiger partial charge in [-0.1, -0.05) is 13.3 Å². The molecule has 2 saturated carbocycles. The lowest BCUT2D eigenvalue weighted by Crippen LogP contribution is -2.31. The van der Waals surface area contributed by atoms with Crippen molar-refractivity contribution in [2.75, 3.05) is 0 Å². The largest absolute Gasteiger partial charge is 0.481 e. The molecule has 0 aliphatic heterocycles. The van der Waals surface area contributed by atoms with Crippen LogP contribution in [0.25, 0.3) is 0 Å². The maximum atomic E-state index is 10.7. The molecule has 0 saturated heterocycles. The Morgan fingerprint density at radius 1 is 1.13 bits per heavy atom. The van der Waals surface area contributed by atoms with E-state index in [0.717, 1.165) is 24.2 Å². The van der Waals surface area contributed by atoms with Gasteiger partial charge < -0.3 is 5.11 Å². The number of hydrogen-bond acceptors (Lipinski definition) is 1. The summed E-state index contributed by atoms with van der Waals surface area (Å²) >= 11 is 0. The molecule has 0 bridgehead atoms. The third-order valence-electron chi connectivity index (χ3n) is 4.45. The van der Waals surface area contributed by atoms with E-state index >= 15 is 0 Å². The molecule has 2 rings (SSSR count). The van der Waals surface area contributed by atoms with Gasteiger partial charge in [0.2, 0.25) is 0 Å². The van der Waals surface area contributed by atoms with E-state index in [0.29, 0.717) is 12.3 Å². The topological polar surface area (TPSA) is 37.3 Å². The minimum Gasteiger partial charge on any atom is -0.481 e. The summed E-state index contributed by atoms with van der Waals surface area (Å²) in [5.41, 5.74) is 0. The van der Waals surface area contributed by atoms with Gasteiger partial charge in [-0.05, 0) is 55.8 Å². The van der Waals surface area contributed by atoms with Gasteiger partial charge in [-0.3, -0.25) is 4.79 Å². The summed E-state index contributed by atoms with van der Waals surface area (Å²) in [6, 6.07) is 0. The average Bonchev–Trinajstić information content (AvgIpc) is 2.16. The highest BCUT2D eigenvalue weighted by Crippen LogP contribution is 2.45. The molecule has 86 valence electrons. The molecule has 0 radical (unpaired) electrons. The monoisotopic (exact) mass is 210 g/mol. The van der Waals surface area contributed by atoms with Gasteiger partial charge in [0.05, 0.1) is 0 Å². The number of carboxylic acid groups (broad SMARTS) is 1. The zero-order chi connectivity index (χ0) is 10.8. The quantitative estimate of drug-likeness (QED) is 0.759. The van der Waals surface area contributed by atoms with Crippen LogP contribution in [0.3, 0.4) is 0 Å². The summed E-state index contributed by atoms with van der Waals surface area (Å²) in [6.07, 6.45) is 8.16. The van der Waals surface area contributed by atoms with Crippen LogP contribution in [-0.2, 0) is 4.79 Å². The first-order valence-corrected chi connectivity index (χ1v) is 6.37. The minimum absolute atomic E-state index is 0.400. The van der Waals surface area contributed by atoms with E-state index in [-0.39, 0.29) is 0 Å². The van der Waals surface area contributed by atoms with Gasteiger partial charge >= 0.3 is 5.97 Å². The normalized spacial score (nSPS) is 40.9. The van der Waals surface area contributed by atoms with E-state index in [1.54, 1.807) is 0 Å². The van der Waals surface area contributed by atoms with Crippen molar-refractivity contribution in [3.8, 4) is 0 Å². The van der Waals surface area contributed by atoms with Crippen molar-refractivity contribution in [2.24, 2.45) is 23.7 Å². The minimum atomic E-state index is -0.609. The number of carbonyl (C=O) groups is 1. The molecule has 2 heteroatoms. The first-order chi connectivity index (χ1) is 7.15. The highest BCUT2D eigenvalue weighted by atomic mass is 16.4. The van der Waals surface area contributed by atoms with Gasteiger partial charge in [-0.25, -0.2) is 0 Å². The molecule has 2 aliphatic carbocycles. The Labute approximate surface area is 92.1 Å². The Morgan fingerprint density at radius 3 is 2.60 bits per heavy atom. The van der Waals surface area contributed by atoms with E-state index in [1.165, 1.54) is 32.1 Å². The number of fused-ring (bicyclic) bond motifs is 1. The maximum Gasteiger partial charge on any atom is 0.303 e. The Balaban J connectivity index is 1.88. The molecular formula is C13H22O2. The Bertz CT molecular complexity index is 237. The predicted octanol–water partition coefficient (Wildman–Crippen LogP) is 3.31. The zero-order valence-corrected chi connectivity index (χ0v) is 9.61. The van der Waals surface area contributed by atoms with Crippen LogP contribution >= 0.6 is 0 Å². The third-order valence-corrected chi connectivity index (χ3v) is 4.45. The van der Waals surface area contributed by atoms with Crippen LogP contribution < -0.4 is 0 Å². The van der Waals surface area contributed by atoms with Crippen molar-refractivity contribution in [2.45, 2.75) is 51.9 Å². The Morgan fingerprint density at radius 2 is 1.87 bits per heavy atom. The van der Waals surface area contributed by atoms with Crippen molar-refractivity contribution in [1.29, 1.82) is 0 Å². The standard InChI is InChI=1S/C13H22O2/c1-9-2-4-11-5-3-10(8-13(14)15)7-12(11)6-9/h9-12H,2-8H2,1H3,(H,14,15). The van der Waals surface area contributed by atoms with Gasteiger partial charge in [0.15, 0.2) is 0 Å². The van der Waals surface area contributed by atoms with Crippen molar-refractivity contribution in [3.05, 3.63) is 0 Å². The second-order valence-electron chi connectivity index (χ2n) is 5.72. The first-order valence-electron chi connectivity index (χ1n) is 6.37. The molecule has 2 fully saturated rings. The predicted molar refractivity (Wildman–Crippen MR) is 59.6 cm³/mol. The van der Waals surface area contributed by atoms with Gasteiger partial charge in [-0.15, -0.1) is 0 Å². The molecule has 15 heavy (non-hydrogen) atoms. The summed E-state index contributed by atoms with van der Waals surface area (Å²) in [6.45, 7) is 2.34. The fourth-order valence-electron chi connectivity index (χ4n) is 3.66. The average molecular weight is 210 g/mol. The van der Waals surface area contributed by atoms with E-state index < -0.39 is 5.97 Å². The van der Waals surface area contributed by atoms with Gasteiger partial charge in [-0.2, -0.15) is 0 Å². The summed E-state index contributed by atoms with van der Waals surface area (Å²) in [4.78, 5) is 10.7. The maximum absolute atomic E-state index is 10.7. The lowest BCUT2D eigenvalue weighted by molar-refractivity contribution is -0.138. The van der Waals surface area contributed by atoms with Gasteiger partial charge in [0.1, 0.15) is 0 Å². The first kappa shape index (κ1) is 11.0. The molecule has 4 unspecified atom stereocenters. The molecule has 0 spiro atoms. The summed E-state index contributed by atoms with van der Waals surface area (Å²) < 4.78 is 0. The number of hydrogen-bond donors (Lipinski definition) is 1. The SMILES string of the molecule is CC1CCC2CCC(CC(=O)O)CC2C1. The highest BCUT2D eigenvalue weighted by Gasteiger charge is 2.34. The molecule has 0 aromatic carbocycles. The fraction of sp³-hybridized carbons (Fsp3) is 0.923. The molecule has 0 aromatic rings. The highest BCUT2D eigenvalue weighted by molar-refractivity contribution is 5.67. The lowest BCUT2D eigenvalue weighted by atomic mass is 9.65. The van der Waals surface area contributed by atoms with Crippen molar-refractivity contribution >= 4 is 5.97 Å². The smallest absolute Gasteiger partial charge is 0.303 e. The molecule has 1 N–H and O–H groups in total. The lowest BCUT2D eigenvalue weighted by Gasteiger charge is -2.41. The van der Waals surface area contributed by atoms with E-state index in [1.807, 2.05) is 0 Å². The van der Waals surface area contributed by atoms with Crippen LogP contribution in [0, 0.1) is 23.7 Å². The molecule has 2 aliphatic rings.